The molecule has 0 saturated heterocycles. The lowest BCUT2D eigenvalue weighted by atomic mass is 10.1. The largest absolute Gasteiger partial charge is 0.382 e. The van der Waals surface area contributed by atoms with Crippen molar-refractivity contribution in [3.8, 4) is 0 Å². The van der Waals surface area contributed by atoms with Gasteiger partial charge in [0.2, 0.25) is 0 Å². The van der Waals surface area contributed by atoms with Crippen LogP contribution < -0.4 is 10.6 Å². The van der Waals surface area contributed by atoms with E-state index in [4.69, 9.17) is 0 Å². The Morgan fingerprint density at radius 1 is 1.12 bits per heavy atom. The molecule has 2 nitrogen and oxygen atoms in total. The van der Waals surface area contributed by atoms with Gasteiger partial charge in [0, 0.05) is 18.3 Å². The van der Waals surface area contributed by atoms with Crippen molar-refractivity contribution in [1.29, 1.82) is 0 Å². The second kappa shape index (κ2) is 7.29. The highest BCUT2D eigenvalue weighted by atomic mass is 14.9. The van der Waals surface area contributed by atoms with E-state index in [2.05, 4.69) is 55.7 Å². The molecule has 0 aliphatic rings. The van der Waals surface area contributed by atoms with Gasteiger partial charge in [-0.2, -0.15) is 0 Å². The smallest absolute Gasteiger partial charge is 0.0345 e. The molecule has 2 N–H and O–H groups in total. The summed E-state index contributed by atoms with van der Waals surface area (Å²) < 4.78 is 0. The Bertz CT molecular complexity index is 293. The maximum absolute atomic E-state index is 3.57. The molecule has 0 unspecified atom stereocenters. The van der Waals surface area contributed by atoms with E-state index in [-0.39, 0.29) is 0 Å². The third kappa shape index (κ3) is 4.23. The van der Waals surface area contributed by atoms with Crippen LogP contribution in [0.25, 0.3) is 0 Å². The van der Waals surface area contributed by atoms with E-state index < -0.39 is 0 Å². The minimum absolute atomic E-state index is 0.592. The number of benzene rings is 1. The van der Waals surface area contributed by atoms with Gasteiger partial charge < -0.3 is 10.6 Å². The number of rotatable bonds is 7. The summed E-state index contributed by atoms with van der Waals surface area (Å²) in [5.74, 6) is 0. The number of hydrogen-bond acceptors (Lipinski definition) is 2. The van der Waals surface area contributed by atoms with E-state index >= 15 is 0 Å². The lowest BCUT2D eigenvalue weighted by Gasteiger charge is -2.16. The molecule has 0 saturated carbocycles. The summed E-state index contributed by atoms with van der Waals surface area (Å²) >= 11 is 0. The van der Waals surface area contributed by atoms with Crippen LogP contribution in [0, 0.1) is 0 Å². The highest BCUT2D eigenvalue weighted by Crippen LogP contribution is 2.14. The third-order valence-corrected chi connectivity index (χ3v) is 2.86. The summed E-state index contributed by atoms with van der Waals surface area (Å²) in [5.41, 5.74) is 2.59. The van der Waals surface area contributed by atoms with Gasteiger partial charge in [0.05, 0.1) is 0 Å². The van der Waals surface area contributed by atoms with E-state index in [1.165, 1.54) is 24.1 Å². The van der Waals surface area contributed by atoms with Gasteiger partial charge in [-0.25, -0.2) is 0 Å². The molecule has 1 rings (SSSR count). The second-order valence-corrected chi connectivity index (χ2v) is 4.14. The SMILES string of the molecule is CCNCc1cccc(NC(CC)CC)c1. The summed E-state index contributed by atoms with van der Waals surface area (Å²) in [4.78, 5) is 0. The van der Waals surface area contributed by atoms with Crippen molar-refractivity contribution in [2.75, 3.05) is 11.9 Å². The number of hydrogen-bond donors (Lipinski definition) is 2. The monoisotopic (exact) mass is 220 g/mol. The van der Waals surface area contributed by atoms with Crippen LogP contribution in [0.3, 0.4) is 0 Å². The maximum atomic E-state index is 3.57. The maximum Gasteiger partial charge on any atom is 0.0345 e. The lowest BCUT2D eigenvalue weighted by Crippen LogP contribution is -2.17. The molecule has 0 amide bonds. The van der Waals surface area contributed by atoms with E-state index in [0.717, 1.165) is 13.1 Å². The van der Waals surface area contributed by atoms with Gasteiger partial charge >= 0.3 is 0 Å². The molecule has 0 spiro atoms. The Balaban J connectivity index is 2.59. The predicted molar refractivity (Wildman–Crippen MR) is 71.8 cm³/mol. The van der Waals surface area contributed by atoms with Crippen molar-refractivity contribution in [3.05, 3.63) is 29.8 Å². The Morgan fingerprint density at radius 2 is 1.88 bits per heavy atom. The van der Waals surface area contributed by atoms with E-state index in [1.807, 2.05) is 0 Å². The van der Waals surface area contributed by atoms with Gasteiger partial charge in [0.1, 0.15) is 0 Å². The van der Waals surface area contributed by atoms with Crippen LogP contribution in [0.5, 0.6) is 0 Å². The summed E-state index contributed by atoms with van der Waals surface area (Å²) in [6, 6.07) is 9.27. The molecule has 0 fully saturated rings. The van der Waals surface area contributed by atoms with Crippen molar-refractivity contribution in [3.63, 3.8) is 0 Å². The minimum atomic E-state index is 0.592. The average Bonchev–Trinajstić information content (AvgIpc) is 2.34. The first-order chi connectivity index (χ1) is 7.80. The number of anilines is 1. The van der Waals surface area contributed by atoms with Crippen molar-refractivity contribution < 1.29 is 0 Å². The number of nitrogens with one attached hydrogen (secondary N) is 2. The molecule has 90 valence electrons. The molecule has 16 heavy (non-hydrogen) atoms. The first-order valence-electron chi connectivity index (χ1n) is 6.36. The van der Waals surface area contributed by atoms with Crippen LogP contribution in [-0.2, 0) is 6.54 Å². The van der Waals surface area contributed by atoms with Crippen molar-refractivity contribution in [1.82, 2.24) is 5.32 Å². The van der Waals surface area contributed by atoms with Gasteiger partial charge in [-0.05, 0) is 37.1 Å². The second-order valence-electron chi connectivity index (χ2n) is 4.14. The van der Waals surface area contributed by atoms with Gasteiger partial charge in [0.15, 0.2) is 0 Å². The fraction of sp³-hybridized carbons (Fsp3) is 0.571. The van der Waals surface area contributed by atoms with Crippen LogP contribution in [-0.4, -0.2) is 12.6 Å². The molecule has 0 radical (unpaired) electrons. The third-order valence-electron chi connectivity index (χ3n) is 2.86. The average molecular weight is 220 g/mol. The zero-order valence-corrected chi connectivity index (χ0v) is 10.7. The molecule has 0 aliphatic carbocycles. The standard InChI is InChI=1S/C14H24N2/c1-4-13(5-2)16-14-9-7-8-12(10-14)11-15-6-3/h7-10,13,15-16H,4-6,11H2,1-3H3. The van der Waals surface area contributed by atoms with Crippen LogP contribution >= 0.6 is 0 Å². The Kier molecular flexibility index (Phi) is 5.94. The quantitative estimate of drug-likeness (QED) is 0.736. The summed E-state index contributed by atoms with van der Waals surface area (Å²) in [6.07, 6.45) is 2.35. The van der Waals surface area contributed by atoms with E-state index in [1.54, 1.807) is 0 Å². The minimum Gasteiger partial charge on any atom is -0.382 e. The first kappa shape index (κ1) is 13.0. The van der Waals surface area contributed by atoms with Gasteiger partial charge in [-0.3, -0.25) is 0 Å². The van der Waals surface area contributed by atoms with Gasteiger partial charge in [-0.1, -0.05) is 32.9 Å². The van der Waals surface area contributed by atoms with Crippen LogP contribution in [0.1, 0.15) is 39.2 Å². The van der Waals surface area contributed by atoms with E-state index in [9.17, 15) is 0 Å². The fourth-order valence-corrected chi connectivity index (χ4v) is 1.77. The van der Waals surface area contributed by atoms with Crippen molar-refractivity contribution in [2.24, 2.45) is 0 Å². The van der Waals surface area contributed by atoms with Crippen molar-refractivity contribution in [2.45, 2.75) is 46.2 Å². The van der Waals surface area contributed by atoms with Crippen molar-refractivity contribution >= 4 is 5.69 Å². The molecular formula is C14H24N2. The molecule has 0 aliphatic heterocycles. The van der Waals surface area contributed by atoms with Crippen LogP contribution in [0.15, 0.2) is 24.3 Å². The highest BCUT2D eigenvalue weighted by Gasteiger charge is 2.02. The zero-order chi connectivity index (χ0) is 11.8. The molecule has 2 heteroatoms. The Morgan fingerprint density at radius 3 is 2.50 bits per heavy atom. The Labute approximate surface area is 99.5 Å². The normalized spacial score (nSPS) is 10.8. The first-order valence-corrected chi connectivity index (χ1v) is 6.36. The summed E-state index contributed by atoms with van der Waals surface area (Å²) in [5, 5.41) is 6.91. The topological polar surface area (TPSA) is 24.1 Å². The molecule has 0 heterocycles. The van der Waals surface area contributed by atoms with Crippen LogP contribution in [0.2, 0.25) is 0 Å². The molecule has 0 atom stereocenters. The van der Waals surface area contributed by atoms with Gasteiger partial charge in [-0.15, -0.1) is 0 Å². The highest BCUT2D eigenvalue weighted by molar-refractivity contribution is 5.46. The predicted octanol–water partition coefficient (Wildman–Crippen LogP) is 3.40. The fourth-order valence-electron chi connectivity index (χ4n) is 1.77. The molecule has 1 aromatic carbocycles. The Hall–Kier alpha value is -1.02. The summed E-state index contributed by atoms with van der Waals surface area (Å²) in [6.45, 7) is 8.55. The zero-order valence-electron chi connectivity index (χ0n) is 10.7. The summed E-state index contributed by atoms with van der Waals surface area (Å²) in [7, 11) is 0. The van der Waals surface area contributed by atoms with E-state index in [0.29, 0.717) is 6.04 Å². The molecule has 0 bridgehead atoms. The molecule has 0 aromatic heterocycles. The van der Waals surface area contributed by atoms with Crippen LogP contribution in [0.4, 0.5) is 5.69 Å². The molecular weight excluding hydrogens is 196 g/mol. The van der Waals surface area contributed by atoms with Gasteiger partial charge in [0.25, 0.3) is 0 Å². The molecule has 1 aromatic rings. The lowest BCUT2D eigenvalue weighted by molar-refractivity contribution is 0.671.